The Kier molecular flexibility index (Phi) is 3.58. The van der Waals surface area contributed by atoms with Crippen molar-refractivity contribution >= 4 is 40.7 Å². The third-order valence-electron chi connectivity index (χ3n) is 0.486. The lowest BCUT2D eigenvalue weighted by atomic mass is 10.5. The number of carbonyl (C=O) groups is 1. The van der Waals surface area contributed by atoms with Gasteiger partial charge in [0.25, 0.3) is 0 Å². The van der Waals surface area contributed by atoms with Crippen molar-refractivity contribution in [3.63, 3.8) is 0 Å². The van der Waals surface area contributed by atoms with Crippen LogP contribution in [0, 0.1) is 0 Å². The van der Waals surface area contributed by atoms with Gasteiger partial charge >= 0.3 is 0 Å². The monoisotopic (exact) mass is 191 g/mol. The number of halogens is 3. The summed E-state index contributed by atoms with van der Waals surface area (Å²) < 4.78 is -1.63. The molecular weight excluding hydrogens is 188 g/mol. The first-order valence-corrected chi connectivity index (χ1v) is 3.09. The molecule has 0 atom stereocenters. The van der Waals surface area contributed by atoms with E-state index in [9.17, 15) is 4.79 Å². The van der Waals surface area contributed by atoms with Crippen LogP contribution in [0.4, 0.5) is 0 Å². The zero-order valence-corrected chi connectivity index (χ0v) is 6.46. The van der Waals surface area contributed by atoms with Crippen molar-refractivity contribution in [3.8, 4) is 0 Å². The van der Waals surface area contributed by atoms with Crippen LogP contribution in [0.25, 0.3) is 0 Å². The van der Waals surface area contributed by atoms with Crippen LogP contribution in [0.15, 0.2) is 0 Å². The van der Waals surface area contributed by atoms with E-state index < -0.39 is 9.70 Å². The number of alkyl halides is 3. The SMILES string of the molecule is O=C(CC(Cl)(Cl)Cl)NO. The Bertz CT molecular complexity index is 110. The van der Waals surface area contributed by atoms with E-state index in [1.165, 1.54) is 5.48 Å². The van der Waals surface area contributed by atoms with E-state index in [0.717, 1.165) is 0 Å². The molecule has 0 rings (SSSR count). The summed E-state index contributed by atoms with van der Waals surface area (Å²) in [6.45, 7) is 0. The number of hydroxylamine groups is 1. The van der Waals surface area contributed by atoms with Gasteiger partial charge in [0.2, 0.25) is 5.91 Å². The zero-order valence-electron chi connectivity index (χ0n) is 4.20. The van der Waals surface area contributed by atoms with Crippen molar-refractivity contribution in [2.75, 3.05) is 0 Å². The minimum atomic E-state index is -1.63. The Morgan fingerprint density at radius 3 is 2.11 bits per heavy atom. The topological polar surface area (TPSA) is 49.3 Å². The number of amides is 1. The maximum atomic E-state index is 10.2. The van der Waals surface area contributed by atoms with Crippen LogP contribution in [-0.2, 0) is 4.79 Å². The van der Waals surface area contributed by atoms with Gasteiger partial charge in [-0.3, -0.25) is 10.0 Å². The molecule has 0 radical (unpaired) electrons. The number of carbonyl (C=O) groups excluding carboxylic acids is 1. The second-order valence-corrected chi connectivity index (χ2v) is 3.84. The van der Waals surface area contributed by atoms with E-state index in [4.69, 9.17) is 40.0 Å². The molecule has 0 heterocycles. The average Bonchev–Trinajstić information content (AvgIpc) is 1.62. The lowest BCUT2D eigenvalue weighted by Crippen LogP contribution is -2.23. The fourth-order valence-corrected chi connectivity index (χ4v) is 0.586. The van der Waals surface area contributed by atoms with Crippen LogP contribution in [0.3, 0.4) is 0 Å². The van der Waals surface area contributed by atoms with Crippen LogP contribution in [-0.4, -0.2) is 14.9 Å². The van der Waals surface area contributed by atoms with E-state index in [0.29, 0.717) is 0 Å². The Labute approximate surface area is 66.8 Å². The predicted octanol–water partition coefficient (Wildman–Crippen LogP) is 1.25. The van der Waals surface area contributed by atoms with Crippen LogP contribution < -0.4 is 5.48 Å². The normalized spacial score (nSPS) is 11.1. The molecule has 0 unspecified atom stereocenters. The molecular formula is C3H4Cl3NO2. The summed E-state index contributed by atoms with van der Waals surface area (Å²) in [7, 11) is 0. The van der Waals surface area contributed by atoms with Crippen molar-refractivity contribution in [2.24, 2.45) is 0 Å². The minimum absolute atomic E-state index is 0.353. The molecule has 0 aromatic heterocycles. The lowest BCUT2D eigenvalue weighted by molar-refractivity contribution is -0.129. The molecule has 0 aromatic carbocycles. The van der Waals surface area contributed by atoms with Gasteiger partial charge in [0.15, 0.2) is 3.79 Å². The van der Waals surface area contributed by atoms with Crippen molar-refractivity contribution in [1.29, 1.82) is 0 Å². The highest BCUT2D eigenvalue weighted by atomic mass is 35.6. The molecule has 0 aliphatic rings. The molecule has 9 heavy (non-hydrogen) atoms. The Hall–Kier alpha value is 0.300. The van der Waals surface area contributed by atoms with Gasteiger partial charge in [-0.05, 0) is 0 Å². The van der Waals surface area contributed by atoms with E-state index in [2.05, 4.69) is 0 Å². The lowest BCUT2D eigenvalue weighted by Gasteiger charge is -2.06. The van der Waals surface area contributed by atoms with Crippen LogP contribution in [0.5, 0.6) is 0 Å². The minimum Gasteiger partial charge on any atom is -0.289 e. The summed E-state index contributed by atoms with van der Waals surface area (Å²) in [6, 6.07) is 0. The summed E-state index contributed by atoms with van der Waals surface area (Å²) in [6.07, 6.45) is -0.353. The molecule has 54 valence electrons. The zero-order chi connectivity index (χ0) is 7.49. The molecule has 2 N–H and O–H groups in total. The highest BCUT2D eigenvalue weighted by molar-refractivity contribution is 6.68. The van der Waals surface area contributed by atoms with Gasteiger partial charge in [0.1, 0.15) is 0 Å². The Morgan fingerprint density at radius 2 is 2.00 bits per heavy atom. The fraction of sp³-hybridized carbons (Fsp3) is 0.667. The van der Waals surface area contributed by atoms with Crippen molar-refractivity contribution < 1.29 is 10.0 Å². The van der Waals surface area contributed by atoms with E-state index in [1.54, 1.807) is 0 Å². The molecule has 0 fully saturated rings. The largest absolute Gasteiger partial charge is 0.289 e. The number of hydrogen-bond donors (Lipinski definition) is 2. The Morgan fingerprint density at radius 1 is 1.56 bits per heavy atom. The third-order valence-corrected chi connectivity index (χ3v) is 0.887. The molecule has 3 nitrogen and oxygen atoms in total. The summed E-state index contributed by atoms with van der Waals surface area (Å²) in [4.78, 5) is 10.2. The van der Waals surface area contributed by atoms with Gasteiger partial charge in [0.05, 0.1) is 6.42 Å². The highest BCUT2D eigenvalue weighted by Gasteiger charge is 2.23. The number of hydrogen-bond acceptors (Lipinski definition) is 2. The average molecular weight is 192 g/mol. The molecule has 0 saturated carbocycles. The smallest absolute Gasteiger partial charge is 0.247 e. The molecule has 0 aliphatic carbocycles. The van der Waals surface area contributed by atoms with Crippen LogP contribution >= 0.6 is 34.8 Å². The summed E-state index contributed by atoms with van der Waals surface area (Å²) in [5.74, 6) is -0.727. The summed E-state index contributed by atoms with van der Waals surface area (Å²) in [5, 5.41) is 7.92. The third kappa shape index (κ3) is 6.18. The van der Waals surface area contributed by atoms with Crippen LogP contribution in [0.1, 0.15) is 6.42 Å². The van der Waals surface area contributed by atoms with Crippen molar-refractivity contribution in [2.45, 2.75) is 10.2 Å². The maximum Gasteiger partial charge on any atom is 0.247 e. The molecule has 6 heteroatoms. The first-order chi connectivity index (χ1) is 3.95. The van der Waals surface area contributed by atoms with Crippen LogP contribution in [0.2, 0.25) is 0 Å². The molecule has 0 saturated heterocycles. The number of rotatable bonds is 1. The molecule has 0 aliphatic heterocycles. The predicted molar refractivity (Wildman–Crippen MR) is 34.8 cm³/mol. The standard InChI is InChI=1S/C3H4Cl3NO2/c4-3(5,6)1-2(8)7-9/h9H,1H2,(H,7,8). The van der Waals surface area contributed by atoms with Gasteiger partial charge in [-0.1, -0.05) is 34.8 Å². The van der Waals surface area contributed by atoms with Crippen molar-refractivity contribution in [3.05, 3.63) is 0 Å². The van der Waals surface area contributed by atoms with Gasteiger partial charge < -0.3 is 0 Å². The first-order valence-electron chi connectivity index (χ1n) is 1.95. The Balaban J connectivity index is 3.60. The summed E-state index contributed by atoms with van der Waals surface area (Å²) >= 11 is 15.5. The van der Waals surface area contributed by atoms with E-state index >= 15 is 0 Å². The van der Waals surface area contributed by atoms with E-state index in [1.807, 2.05) is 0 Å². The maximum absolute atomic E-state index is 10.2. The molecule has 0 spiro atoms. The second-order valence-electron chi connectivity index (χ2n) is 1.33. The second kappa shape index (κ2) is 3.46. The van der Waals surface area contributed by atoms with Gasteiger partial charge in [-0.25, -0.2) is 5.48 Å². The highest BCUT2D eigenvalue weighted by Crippen LogP contribution is 2.29. The molecule has 1 amide bonds. The number of nitrogens with one attached hydrogen (secondary N) is 1. The van der Waals surface area contributed by atoms with Gasteiger partial charge in [-0.15, -0.1) is 0 Å². The first kappa shape index (κ1) is 9.30. The van der Waals surface area contributed by atoms with Gasteiger partial charge in [-0.2, -0.15) is 0 Å². The fourth-order valence-electron chi connectivity index (χ4n) is 0.222. The van der Waals surface area contributed by atoms with Gasteiger partial charge in [0, 0.05) is 0 Å². The van der Waals surface area contributed by atoms with E-state index in [-0.39, 0.29) is 6.42 Å². The molecule has 0 aromatic rings. The molecule has 0 bridgehead atoms. The summed E-state index contributed by atoms with van der Waals surface area (Å²) in [5.41, 5.74) is 1.33. The van der Waals surface area contributed by atoms with Crippen molar-refractivity contribution in [1.82, 2.24) is 5.48 Å². The quantitative estimate of drug-likeness (QED) is 0.373.